The number of methoxy groups -OCH3 is 1. The third kappa shape index (κ3) is 3.12. The van der Waals surface area contributed by atoms with Crippen molar-refractivity contribution in [3.05, 3.63) is 75.0 Å². The molecule has 0 aliphatic heterocycles. The van der Waals surface area contributed by atoms with Gasteiger partial charge >= 0.3 is 0 Å². The molecule has 1 atom stereocenters. The van der Waals surface area contributed by atoms with Gasteiger partial charge in [-0.25, -0.2) is 9.97 Å². The van der Waals surface area contributed by atoms with Gasteiger partial charge in [0.2, 0.25) is 0 Å². The van der Waals surface area contributed by atoms with Crippen LogP contribution in [-0.2, 0) is 12.8 Å². The lowest BCUT2D eigenvalue weighted by molar-refractivity contribution is 0.409. The maximum Gasteiger partial charge on any atom is 0.277 e. The highest BCUT2D eigenvalue weighted by atomic mass is 16.5. The summed E-state index contributed by atoms with van der Waals surface area (Å²) in [5, 5.41) is 4.33. The summed E-state index contributed by atoms with van der Waals surface area (Å²) in [6.45, 7) is 4.00. The molecule has 1 aliphatic carbocycles. The lowest BCUT2D eigenvalue weighted by Crippen LogP contribution is -2.30. The van der Waals surface area contributed by atoms with Crippen molar-refractivity contribution in [3.8, 4) is 11.7 Å². The first-order chi connectivity index (χ1) is 13.1. The predicted molar refractivity (Wildman–Crippen MR) is 103 cm³/mol. The van der Waals surface area contributed by atoms with Gasteiger partial charge in [0, 0.05) is 18.0 Å². The fourth-order valence-corrected chi connectivity index (χ4v) is 3.85. The minimum Gasteiger partial charge on any atom is -0.496 e. The molecule has 27 heavy (non-hydrogen) atoms. The third-order valence-corrected chi connectivity index (χ3v) is 5.32. The average molecular weight is 362 g/mol. The van der Waals surface area contributed by atoms with Crippen molar-refractivity contribution >= 4 is 0 Å². The normalized spacial score (nSPS) is 16.0. The Balaban J connectivity index is 1.68. The Bertz CT molecular complexity index is 1040. The van der Waals surface area contributed by atoms with Crippen LogP contribution < -0.4 is 10.3 Å². The maximum atomic E-state index is 12.9. The van der Waals surface area contributed by atoms with E-state index < -0.39 is 0 Å². The van der Waals surface area contributed by atoms with Crippen molar-refractivity contribution in [1.82, 2.24) is 19.7 Å². The lowest BCUT2D eigenvalue weighted by atomic mass is 9.79. The van der Waals surface area contributed by atoms with E-state index in [1.54, 1.807) is 25.7 Å². The smallest absolute Gasteiger partial charge is 0.277 e. The van der Waals surface area contributed by atoms with E-state index in [1.807, 2.05) is 19.1 Å². The number of ether oxygens (including phenoxy) is 1. The second-order valence-electron chi connectivity index (χ2n) is 7.04. The summed E-state index contributed by atoms with van der Waals surface area (Å²) in [6.07, 6.45) is 7.64. The molecule has 6 heteroatoms. The van der Waals surface area contributed by atoms with Gasteiger partial charge in [-0.1, -0.05) is 12.1 Å². The lowest BCUT2D eigenvalue weighted by Gasteiger charge is -2.26. The van der Waals surface area contributed by atoms with Gasteiger partial charge in [0.25, 0.3) is 11.5 Å². The van der Waals surface area contributed by atoms with Crippen molar-refractivity contribution in [2.75, 3.05) is 7.11 Å². The molecule has 0 amide bonds. The van der Waals surface area contributed by atoms with Crippen LogP contribution in [0, 0.1) is 13.8 Å². The van der Waals surface area contributed by atoms with Crippen molar-refractivity contribution < 1.29 is 4.74 Å². The van der Waals surface area contributed by atoms with Gasteiger partial charge in [-0.3, -0.25) is 4.79 Å². The summed E-state index contributed by atoms with van der Waals surface area (Å²) < 4.78 is 6.76. The number of aryl methyl sites for hydroxylation is 1. The molecule has 0 saturated heterocycles. The van der Waals surface area contributed by atoms with E-state index in [2.05, 4.69) is 28.1 Å². The number of benzene rings is 1. The molecule has 0 N–H and O–H groups in total. The zero-order valence-electron chi connectivity index (χ0n) is 15.8. The van der Waals surface area contributed by atoms with E-state index >= 15 is 0 Å². The largest absolute Gasteiger partial charge is 0.496 e. The Hall–Kier alpha value is -3.02. The van der Waals surface area contributed by atoms with Gasteiger partial charge in [0.05, 0.1) is 13.3 Å². The zero-order chi connectivity index (χ0) is 19.0. The quantitative estimate of drug-likeness (QED) is 0.716. The number of fused-ring (bicyclic) bond motifs is 1. The standard InChI is InChI=1S/C21H22N4O2/c1-13-10-22-21(23-11-13)25-20(26)18-8-7-15(9-16(18)12-24-25)17-5-4-6-19(27-3)14(17)2/h4-6,10-12,15H,7-9H2,1-3H3. The first kappa shape index (κ1) is 17.4. The minimum atomic E-state index is -0.114. The van der Waals surface area contributed by atoms with E-state index in [4.69, 9.17) is 4.74 Å². The van der Waals surface area contributed by atoms with Crippen LogP contribution in [0.1, 0.15) is 40.2 Å². The molecule has 0 bridgehead atoms. The molecular weight excluding hydrogens is 340 g/mol. The van der Waals surface area contributed by atoms with Crippen molar-refractivity contribution in [2.45, 2.75) is 39.0 Å². The molecule has 0 fully saturated rings. The van der Waals surface area contributed by atoms with E-state index in [9.17, 15) is 4.79 Å². The number of aromatic nitrogens is 4. The van der Waals surface area contributed by atoms with Crippen LogP contribution >= 0.6 is 0 Å². The van der Waals surface area contributed by atoms with E-state index in [1.165, 1.54) is 15.8 Å². The van der Waals surface area contributed by atoms with E-state index in [-0.39, 0.29) is 5.56 Å². The molecule has 0 spiro atoms. The fourth-order valence-electron chi connectivity index (χ4n) is 3.85. The van der Waals surface area contributed by atoms with Crippen molar-refractivity contribution in [2.24, 2.45) is 0 Å². The molecule has 3 aromatic rings. The Labute approximate surface area is 157 Å². The molecule has 4 rings (SSSR count). The second-order valence-corrected chi connectivity index (χ2v) is 7.04. The first-order valence-corrected chi connectivity index (χ1v) is 9.11. The van der Waals surface area contributed by atoms with Gasteiger partial charge in [-0.05, 0) is 67.3 Å². The Kier molecular flexibility index (Phi) is 4.48. The van der Waals surface area contributed by atoms with Gasteiger partial charge in [0.15, 0.2) is 0 Å². The SMILES string of the molecule is COc1cccc(C2CCc3c(cnn(-c4ncc(C)cn4)c3=O)C2)c1C. The first-order valence-electron chi connectivity index (χ1n) is 9.11. The van der Waals surface area contributed by atoms with Crippen LogP contribution in [0.5, 0.6) is 5.75 Å². The topological polar surface area (TPSA) is 69.9 Å². The predicted octanol–water partition coefficient (Wildman–Crippen LogP) is 2.92. The van der Waals surface area contributed by atoms with E-state index in [0.29, 0.717) is 11.9 Å². The van der Waals surface area contributed by atoms with E-state index in [0.717, 1.165) is 41.7 Å². The summed E-state index contributed by atoms with van der Waals surface area (Å²) in [4.78, 5) is 21.4. The third-order valence-electron chi connectivity index (χ3n) is 5.32. The van der Waals surface area contributed by atoms with Crippen LogP contribution in [0.4, 0.5) is 0 Å². The van der Waals surface area contributed by atoms with Gasteiger partial charge in [-0.15, -0.1) is 0 Å². The van der Waals surface area contributed by atoms with Crippen molar-refractivity contribution in [1.29, 1.82) is 0 Å². The molecule has 0 saturated carbocycles. The number of hydrogen-bond acceptors (Lipinski definition) is 5. The molecule has 138 valence electrons. The highest BCUT2D eigenvalue weighted by Gasteiger charge is 2.25. The van der Waals surface area contributed by atoms with Gasteiger partial charge < -0.3 is 4.74 Å². The summed E-state index contributed by atoms with van der Waals surface area (Å²) in [5.41, 5.74) is 5.13. The fraction of sp³-hybridized carbons (Fsp3) is 0.333. The summed E-state index contributed by atoms with van der Waals surface area (Å²) in [6, 6.07) is 6.17. The van der Waals surface area contributed by atoms with Crippen molar-refractivity contribution in [3.63, 3.8) is 0 Å². The van der Waals surface area contributed by atoms with Gasteiger partial charge in [0.1, 0.15) is 5.75 Å². The Morgan fingerprint density at radius 1 is 1.15 bits per heavy atom. The number of hydrogen-bond donors (Lipinski definition) is 0. The molecule has 0 radical (unpaired) electrons. The van der Waals surface area contributed by atoms with Crippen LogP contribution in [0.15, 0.2) is 41.6 Å². The summed E-state index contributed by atoms with van der Waals surface area (Å²) in [5.74, 6) is 1.59. The molecule has 1 unspecified atom stereocenters. The monoisotopic (exact) mass is 362 g/mol. The molecular formula is C21H22N4O2. The van der Waals surface area contributed by atoms with Crippen LogP contribution in [0.2, 0.25) is 0 Å². The molecule has 1 aliphatic rings. The molecule has 2 aromatic heterocycles. The highest BCUT2D eigenvalue weighted by Crippen LogP contribution is 2.35. The average Bonchev–Trinajstić information content (AvgIpc) is 2.69. The number of rotatable bonds is 3. The Morgan fingerprint density at radius 2 is 1.93 bits per heavy atom. The minimum absolute atomic E-state index is 0.114. The summed E-state index contributed by atoms with van der Waals surface area (Å²) in [7, 11) is 1.70. The van der Waals surface area contributed by atoms with Gasteiger partial charge in [-0.2, -0.15) is 9.78 Å². The summed E-state index contributed by atoms with van der Waals surface area (Å²) >= 11 is 0. The molecule has 2 heterocycles. The van der Waals surface area contributed by atoms with Crippen LogP contribution in [0.3, 0.4) is 0 Å². The number of nitrogens with zero attached hydrogens (tertiary/aromatic N) is 4. The Morgan fingerprint density at radius 3 is 2.67 bits per heavy atom. The van der Waals surface area contributed by atoms with Crippen LogP contribution in [0.25, 0.3) is 5.95 Å². The molecule has 6 nitrogen and oxygen atoms in total. The zero-order valence-corrected chi connectivity index (χ0v) is 15.8. The molecule has 1 aromatic carbocycles. The highest BCUT2D eigenvalue weighted by molar-refractivity contribution is 5.43. The maximum absolute atomic E-state index is 12.9. The second kappa shape index (κ2) is 6.95. The van der Waals surface area contributed by atoms with Crippen LogP contribution in [-0.4, -0.2) is 26.9 Å².